The number of rotatable bonds is 7. The van der Waals surface area contributed by atoms with Crippen molar-refractivity contribution in [2.45, 2.75) is 52.1 Å². The number of phenolic OH excluding ortho intramolecular Hbond substituents is 1. The van der Waals surface area contributed by atoms with Crippen LogP contribution in [0.25, 0.3) is 0 Å². The molecule has 0 amide bonds. The van der Waals surface area contributed by atoms with Crippen molar-refractivity contribution in [1.82, 2.24) is 0 Å². The molecule has 0 saturated heterocycles. The van der Waals surface area contributed by atoms with Crippen LogP contribution in [-0.4, -0.2) is 20.5 Å². The van der Waals surface area contributed by atoms with Crippen LogP contribution in [-0.2, 0) is 17.6 Å². The van der Waals surface area contributed by atoms with Crippen molar-refractivity contribution in [1.29, 1.82) is 0 Å². The van der Waals surface area contributed by atoms with Crippen LogP contribution in [0.3, 0.4) is 0 Å². The molecule has 2 aromatic rings. The molecule has 0 aromatic heterocycles. The monoisotopic (exact) mass is 374 g/mol. The molecule has 26 heavy (non-hydrogen) atoms. The quantitative estimate of drug-likeness (QED) is 0.650. The molecule has 0 spiro atoms. The van der Waals surface area contributed by atoms with Crippen LogP contribution in [0.1, 0.15) is 31.9 Å². The van der Waals surface area contributed by atoms with Gasteiger partial charge in [0.2, 0.25) is 5.75 Å². The normalized spacial score (nSPS) is 12.1. The summed E-state index contributed by atoms with van der Waals surface area (Å²) < 4.78 is 17.5. The molecule has 0 aliphatic heterocycles. The Hall–Kier alpha value is -1.98. The van der Waals surface area contributed by atoms with E-state index < -0.39 is 8.32 Å². The first-order chi connectivity index (χ1) is 12.1. The first-order valence-electron chi connectivity index (χ1n) is 8.84. The summed E-state index contributed by atoms with van der Waals surface area (Å²) in [6.07, 6.45) is 0. The zero-order chi connectivity index (χ0) is 19.4. The summed E-state index contributed by atoms with van der Waals surface area (Å²) in [5.74, 6) is 0.925. The Balaban J connectivity index is 2.17. The zero-order valence-electron chi connectivity index (χ0n) is 16.6. The average molecular weight is 375 g/mol. The Morgan fingerprint density at radius 1 is 0.962 bits per heavy atom. The van der Waals surface area contributed by atoms with Crippen molar-refractivity contribution in [3.05, 3.63) is 53.6 Å². The molecular formula is C21H30O4Si. The summed E-state index contributed by atoms with van der Waals surface area (Å²) in [7, 11) is -0.345. The van der Waals surface area contributed by atoms with Crippen LogP contribution in [0.15, 0.2) is 42.5 Å². The number of phenols is 1. The van der Waals surface area contributed by atoms with Gasteiger partial charge >= 0.3 is 0 Å². The fourth-order valence-corrected chi connectivity index (χ4v) is 3.21. The molecule has 2 rings (SSSR count). The second-order valence-electron chi connectivity index (χ2n) is 7.97. The molecule has 0 saturated carbocycles. The number of hydrogen-bond donors (Lipinski definition) is 1. The number of hydrogen-bond acceptors (Lipinski definition) is 4. The largest absolute Gasteiger partial charge is 0.504 e. The van der Waals surface area contributed by atoms with Crippen LogP contribution < -0.4 is 9.47 Å². The second-order valence-corrected chi connectivity index (χ2v) is 12.8. The van der Waals surface area contributed by atoms with E-state index in [2.05, 4.69) is 33.9 Å². The molecule has 0 bridgehead atoms. The third-order valence-electron chi connectivity index (χ3n) is 4.94. The van der Waals surface area contributed by atoms with Gasteiger partial charge in [-0.3, -0.25) is 0 Å². The van der Waals surface area contributed by atoms with Crippen LogP contribution in [0.2, 0.25) is 18.1 Å². The van der Waals surface area contributed by atoms with Gasteiger partial charge in [0, 0.05) is 0 Å². The van der Waals surface area contributed by atoms with E-state index in [0.717, 1.165) is 11.1 Å². The van der Waals surface area contributed by atoms with Gasteiger partial charge in [0.05, 0.1) is 13.7 Å². The topological polar surface area (TPSA) is 47.9 Å². The molecule has 0 radical (unpaired) electrons. The third kappa shape index (κ3) is 5.02. The highest BCUT2D eigenvalue weighted by Crippen LogP contribution is 2.40. The van der Waals surface area contributed by atoms with Gasteiger partial charge in [0.25, 0.3) is 0 Å². The highest BCUT2D eigenvalue weighted by Gasteiger charge is 2.37. The van der Waals surface area contributed by atoms with Crippen LogP contribution in [0, 0.1) is 0 Å². The van der Waals surface area contributed by atoms with E-state index >= 15 is 0 Å². The maximum absolute atomic E-state index is 10.3. The highest BCUT2D eigenvalue weighted by molar-refractivity contribution is 6.74. The third-order valence-corrected chi connectivity index (χ3v) is 9.42. The van der Waals surface area contributed by atoms with E-state index in [1.54, 1.807) is 6.07 Å². The van der Waals surface area contributed by atoms with Gasteiger partial charge in [-0.25, -0.2) is 0 Å². The Labute approximate surface area is 157 Å². The zero-order valence-corrected chi connectivity index (χ0v) is 17.6. The maximum Gasteiger partial charge on any atom is 0.203 e. The number of benzene rings is 2. The van der Waals surface area contributed by atoms with E-state index in [1.165, 1.54) is 7.11 Å². The minimum Gasteiger partial charge on any atom is -0.504 e. The van der Waals surface area contributed by atoms with E-state index in [0.29, 0.717) is 24.7 Å². The SMILES string of the molecule is COc1c(O)cc(CO[Si](C)(C)C(C)(C)C)cc1OCc1ccccc1. The van der Waals surface area contributed by atoms with Crippen LogP contribution >= 0.6 is 0 Å². The Bertz CT molecular complexity index is 721. The minimum absolute atomic E-state index is 0.0619. The smallest absolute Gasteiger partial charge is 0.203 e. The predicted molar refractivity (Wildman–Crippen MR) is 107 cm³/mol. The van der Waals surface area contributed by atoms with Crippen molar-refractivity contribution in [2.75, 3.05) is 7.11 Å². The Kier molecular flexibility index (Phi) is 6.37. The highest BCUT2D eigenvalue weighted by atomic mass is 28.4. The lowest BCUT2D eigenvalue weighted by molar-refractivity contribution is 0.264. The molecule has 0 aliphatic rings. The van der Waals surface area contributed by atoms with Crippen molar-refractivity contribution >= 4 is 8.32 Å². The molecule has 4 nitrogen and oxygen atoms in total. The second kappa shape index (κ2) is 8.14. The molecule has 0 fully saturated rings. The fourth-order valence-electron chi connectivity index (χ4n) is 2.25. The Morgan fingerprint density at radius 2 is 1.62 bits per heavy atom. The van der Waals surface area contributed by atoms with Crippen molar-refractivity contribution in [3.8, 4) is 17.2 Å². The number of ether oxygens (including phenoxy) is 2. The average Bonchev–Trinajstić information content (AvgIpc) is 2.58. The van der Waals surface area contributed by atoms with Gasteiger partial charge < -0.3 is 19.0 Å². The van der Waals surface area contributed by atoms with Crippen molar-refractivity contribution < 1.29 is 19.0 Å². The summed E-state index contributed by atoms with van der Waals surface area (Å²) in [6, 6.07) is 13.5. The van der Waals surface area contributed by atoms with E-state index in [-0.39, 0.29) is 10.8 Å². The van der Waals surface area contributed by atoms with E-state index in [1.807, 2.05) is 36.4 Å². The Morgan fingerprint density at radius 3 is 2.19 bits per heavy atom. The molecule has 0 aliphatic carbocycles. The maximum atomic E-state index is 10.3. The van der Waals surface area contributed by atoms with Gasteiger partial charge in [-0.2, -0.15) is 0 Å². The molecule has 0 heterocycles. The molecular weight excluding hydrogens is 344 g/mol. The first kappa shape index (κ1) is 20.3. The standard InChI is InChI=1S/C21H30O4Si/c1-21(2,3)26(5,6)25-15-17-12-18(22)20(23-4)19(13-17)24-14-16-10-8-7-9-11-16/h7-13,22H,14-15H2,1-6H3. The molecule has 142 valence electrons. The van der Waals surface area contributed by atoms with E-state index in [9.17, 15) is 5.11 Å². The van der Waals surface area contributed by atoms with Gasteiger partial charge in [-0.05, 0) is 41.4 Å². The van der Waals surface area contributed by atoms with E-state index in [4.69, 9.17) is 13.9 Å². The van der Waals surface area contributed by atoms with Crippen LogP contribution in [0.5, 0.6) is 17.2 Å². The lowest BCUT2D eigenvalue weighted by Crippen LogP contribution is -2.40. The molecule has 0 unspecified atom stereocenters. The first-order valence-corrected chi connectivity index (χ1v) is 11.8. The fraction of sp³-hybridized carbons (Fsp3) is 0.429. The molecule has 1 N–H and O–H groups in total. The number of methoxy groups -OCH3 is 1. The van der Waals surface area contributed by atoms with Crippen molar-refractivity contribution in [2.24, 2.45) is 0 Å². The van der Waals surface area contributed by atoms with Gasteiger partial charge in [0.15, 0.2) is 19.8 Å². The van der Waals surface area contributed by atoms with Gasteiger partial charge in [0.1, 0.15) is 6.61 Å². The predicted octanol–water partition coefficient (Wildman–Crippen LogP) is 5.50. The molecule has 5 heteroatoms. The van der Waals surface area contributed by atoms with Crippen molar-refractivity contribution in [3.63, 3.8) is 0 Å². The van der Waals surface area contributed by atoms with Gasteiger partial charge in [-0.15, -0.1) is 0 Å². The lowest BCUT2D eigenvalue weighted by Gasteiger charge is -2.36. The van der Waals surface area contributed by atoms with Gasteiger partial charge in [-0.1, -0.05) is 51.1 Å². The molecule has 0 atom stereocenters. The minimum atomic E-state index is -1.87. The molecule has 2 aromatic carbocycles. The lowest BCUT2D eigenvalue weighted by atomic mass is 10.2. The van der Waals surface area contributed by atoms with Crippen LogP contribution in [0.4, 0.5) is 0 Å². The summed E-state index contributed by atoms with van der Waals surface area (Å²) in [5, 5.41) is 10.4. The summed E-state index contributed by atoms with van der Waals surface area (Å²) >= 11 is 0. The number of aromatic hydroxyl groups is 1. The summed E-state index contributed by atoms with van der Waals surface area (Å²) in [4.78, 5) is 0. The summed E-state index contributed by atoms with van der Waals surface area (Å²) in [6.45, 7) is 11.9. The summed E-state index contributed by atoms with van der Waals surface area (Å²) in [5.41, 5.74) is 1.92.